The lowest BCUT2D eigenvalue weighted by Crippen LogP contribution is -2.15. The summed E-state index contributed by atoms with van der Waals surface area (Å²) in [5.41, 5.74) is 1.14. The summed E-state index contributed by atoms with van der Waals surface area (Å²) in [6, 6.07) is 8.65. The number of aromatic nitrogens is 3. The molecule has 19 heavy (non-hydrogen) atoms. The summed E-state index contributed by atoms with van der Waals surface area (Å²) in [4.78, 5) is 12.8. The quantitative estimate of drug-likeness (QED) is 0.874. The van der Waals surface area contributed by atoms with Crippen LogP contribution in [0.5, 0.6) is 0 Å². The van der Waals surface area contributed by atoms with Crippen molar-refractivity contribution in [3.8, 4) is 0 Å². The Bertz CT molecular complexity index is 612. The van der Waals surface area contributed by atoms with Gasteiger partial charge in [0, 0.05) is 17.5 Å². The number of aromatic amines is 1. The van der Waals surface area contributed by atoms with E-state index in [2.05, 4.69) is 39.8 Å². The van der Waals surface area contributed by atoms with E-state index >= 15 is 0 Å². The minimum absolute atomic E-state index is 0.100. The third kappa shape index (κ3) is 2.74. The molecular weight excluding hydrogens is 260 g/mol. The van der Waals surface area contributed by atoms with Crippen LogP contribution in [0.1, 0.15) is 24.4 Å². The topological polar surface area (TPSA) is 62.7 Å². The van der Waals surface area contributed by atoms with Gasteiger partial charge in [-0.15, -0.1) is 5.10 Å². The zero-order valence-corrected chi connectivity index (χ0v) is 11.5. The number of rotatable bonds is 5. The van der Waals surface area contributed by atoms with Crippen LogP contribution in [-0.4, -0.2) is 21.8 Å². The van der Waals surface area contributed by atoms with E-state index in [0.29, 0.717) is 6.04 Å². The van der Waals surface area contributed by atoms with Gasteiger partial charge in [0.25, 0.3) is 0 Å². The normalized spacial score (nSPS) is 14.8. The Hall–Kier alpha value is -1.53. The van der Waals surface area contributed by atoms with Gasteiger partial charge >= 0.3 is 5.69 Å². The molecule has 0 atom stereocenters. The highest BCUT2D eigenvalue weighted by atomic mass is 32.2. The van der Waals surface area contributed by atoms with E-state index in [9.17, 15) is 4.79 Å². The zero-order chi connectivity index (χ0) is 13.2. The summed E-state index contributed by atoms with van der Waals surface area (Å²) >= 11 is 1.53. The number of H-pyrrole nitrogens is 1. The largest absolute Gasteiger partial charge is 0.344 e. The van der Waals surface area contributed by atoms with Crippen LogP contribution < -0.4 is 11.0 Å². The molecule has 1 aromatic heterocycles. The van der Waals surface area contributed by atoms with Gasteiger partial charge < -0.3 is 5.32 Å². The highest BCUT2D eigenvalue weighted by Crippen LogP contribution is 2.37. The number of hydrogen-bond acceptors (Lipinski definition) is 4. The van der Waals surface area contributed by atoms with Gasteiger partial charge in [-0.05, 0) is 49.3 Å². The fraction of sp³-hybridized carbons (Fsp3) is 0.385. The molecule has 2 N–H and O–H groups in total. The number of hydrogen-bond donors (Lipinski definition) is 2. The average molecular weight is 276 g/mol. The van der Waals surface area contributed by atoms with E-state index in [-0.39, 0.29) is 5.69 Å². The van der Waals surface area contributed by atoms with Crippen LogP contribution in [-0.2, 0) is 6.54 Å². The summed E-state index contributed by atoms with van der Waals surface area (Å²) < 4.78 is 1.77. The third-order valence-electron chi connectivity index (χ3n) is 3.10. The van der Waals surface area contributed by atoms with E-state index in [1.807, 2.05) is 7.05 Å². The standard InChI is InChI=1S/C13H16N4OS/c1-14-8-9-2-6-11(7-3-9)19-13-16-15-12(18)17(13)10-4-5-10/h2-3,6-7,10,14H,4-5,8H2,1H3,(H,15,18). The molecule has 1 heterocycles. The van der Waals surface area contributed by atoms with E-state index in [4.69, 9.17) is 0 Å². The van der Waals surface area contributed by atoms with Gasteiger partial charge in [0.15, 0.2) is 5.16 Å². The molecule has 1 fully saturated rings. The first kappa shape index (κ1) is 12.5. The summed E-state index contributed by atoms with van der Waals surface area (Å²) in [6.07, 6.45) is 2.15. The van der Waals surface area contributed by atoms with Gasteiger partial charge in [0.2, 0.25) is 0 Å². The molecule has 1 saturated carbocycles. The van der Waals surface area contributed by atoms with Crippen molar-refractivity contribution in [2.75, 3.05) is 7.05 Å². The van der Waals surface area contributed by atoms with Crippen LogP contribution in [0.4, 0.5) is 0 Å². The van der Waals surface area contributed by atoms with Crippen LogP contribution in [0.15, 0.2) is 39.1 Å². The maximum absolute atomic E-state index is 11.7. The van der Waals surface area contributed by atoms with Gasteiger partial charge in [-0.3, -0.25) is 4.57 Å². The fourth-order valence-electron chi connectivity index (χ4n) is 2.00. The summed E-state index contributed by atoms with van der Waals surface area (Å²) in [5, 5.41) is 10.5. The van der Waals surface area contributed by atoms with E-state index in [1.165, 1.54) is 17.3 Å². The predicted octanol–water partition coefficient (Wildman–Crippen LogP) is 1.78. The molecule has 2 aromatic rings. The van der Waals surface area contributed by atoms with Crippen molar-refractivity contribution >= 4 is 11.8 Å². The second kappa shape index (κ2) is 5.22. The van der Waals surface area contributed by atoms with E-state index < -0.39 is 0 Å². The summed E-state index contributed by atoms with van der Waals surface area (Å²) in [7, 11) is 1.93. The lowest BCUT2D eigenvalue weighted by atomic mass is 10.2. The molecule has 100 valence electrons. The Morgan fingerprint density at radius 2 is 2.16 bits per heavy atom. The highest BCUT2D eigenvalue weighted by Gasteiger charge is 2.28. The molecule has 6 heteroatoms. The fourth-order valence-corrected chi connectivity index (χ4v) is 2.91. The van der Waals surface area contributed by atoms with E-state index in [1.54, 1.807) is 4.57 Å². The molecule has 0 spiro atoms. The first-order valence-electron chi connectivity index (χ1n) is 6.36. The Labute approximate surface area is 115 Å². The molecule has 0 saturated heterocycles. The Balaban J connectivity index is 1.79. The molecule has 0 radical (unpaired) electrons. The minimum Gasteiger partial charge on any atom is -0.316 e. The van der Waals surface area contributed by atoms with E-state index in [0.717, 1.165) is 29.4 Å². The highest BCUT2D eigenvalue weighted by molar-refractivity contribution is 7.99. The van der Waals surface area contributed by atoms with Crippen LogP contribution in [0.2, 0.25) is 0 Å². The molecule has 0 aliphatic heterocycles. The van der Waals surface area contributed by atoms with Crippen molar-refractivity contribution in [2.45, 2.75) is 35.5 Å². The number of nitrogens with one attached hydrogen (secondary N) is 2. The third-order valence-corrected chi connectivity index (χ3v) is 4.08. The molecule has 1 aliphatic rings. The van der Waals surface area contributed by atoms with Gasteiger partial charge in [0.1, 0.15) is 0 Å². The summed E-state index contributed by atoms with van der Waals surface area (Å²) in [6.45, 7) is 0.861. The maximum atomic E-state index is 11.7. The minimum atomic E-state index is -0.100. The van der Waals surface area contributed by atoms with Crippen molar-refractivity contribution in [2.24, 2.45) is 0 Å². The molecule has 1 aliphatic carbocycles. The van der Waals surface area contributed by atoms with Crippen molar-refractivity contribution in [3.05, 3.63) is 40.3 Å². The first-order chi connectivity index (χ1) is 9.28. The predicted molar refractivity (Wildman–Crippen MR) is 74.4 cm³/mol. The lowest BCUT2D eigenvalue weighted by molar-refractivity contribution is 0.642. The van der Waals surface area contributed by atoms with Gasteiger partial charge in [-0.1, -0.05) is 12.1 Å². The Kier molecular flexibility index (Phi) is 3.44. The maximum Gasteiger partial charge on any atom is 0.344 e. The monoisotopic (exact) mass is 276 g/mol. The Morgan fingerprint density at radius 3 is 2.79 bits per heavy atom. The smallest absolute Gasteiger partial charge is 0.316 e. The van der Waals surface area contributed by atoms with Gasteiger partial charge in [-0.2, -0.15) is 0 Å². The number of nitrogens with zero attached hydrogens (tertiary/aromatic N) is 2. The molecule has 5 nitrogen and oxygen atoms in total. The second-order valence-electron chi connectivity index (χ2n) is 4.69. The van der Waals surface area contributed by atoms with Crippen molar-refractivity contribution in [1.29, 1.82) is 0 Å². The van der Waals surface area contributed by atoms with Crippen LogP contribution >= 0.6 is 11.8 Å². The van der Waals surface area contributed by atoms with Crippen molar-refractivity contribution in [1.82, 2.24) is 20.1 Å². The second-order valence-corrected chi connectivity index (χ2v) is 5.73. The van der Waals surface area contributed by atoms with Crippen LogP contribution in [0.25, 0.3) is 0 Å². The SMILES string of the molecule is CNCc1ccc(Sc2n[nH]c(=O)n2C2CC2)cc1. The van der Waals surface area contributed by atoms with Crippen molar-refractivity contribution < 1.29 is 0 Å². The lowest BCUT2D eigenvalue weighted by Gasteiger charge is -2.04. The molecule has 0 amide bonds. The first-order valence-corrected chi connectivity index (χ1v) is 7.18. The molecule has 0 bridgehead atoms. The summed E-state index contributed by atoms with van der Waals surface area (Å²) in [5.74, 6) is 0. The molecule has 0 unspecified atom stereocenters. The molecule has 3 rings (SSSR count). The average Bonchev–Trinajstić information content (AvgIpc) is 3.18. The number of benzene rings is 1. The van der Waals surface area contributed by atoms with Gasteiger partial charge in [0.05, 0.1) is 0 Å². The zero-order valence-electron chi connectivity index (χ0n) is 10.7. The Morgan fingerprint density at radius 1 is 1.42 bits per heavy atom. The van der Waals surface area contributed by atoms with Gasteiger partial charge in [-0.25, -0.2) is 9.89 Å². The van der Waals surface area contributed by atoms with Crippen molar-refractivity contribution in [3.63, 3.8) is 0 Å². The molecule has 1 aromatic carbocycles. The molecular formula is C13H16N4OS. The van der Waals surface area contributed by atoms with Crippen LogP contribution in [0.3, 0.4) is 0 Å². The van der Waals surface area contributed by atoms with Crippen LogP contribution in [0, 0.1) is 0 Å².